The molecule has 0 amide bonds. The lowest BCUT2D eigenvalue weighted by atomic mass is 10.1. The molecule has 118 valence electrons. The van der Waals surface area contributed by atoms with Crippen LogP contribution in [-0.4, -0.2) is 23.1 Å². The Morgan fingerprint density at radius 2 is 2.10 bits per heavy atom. The highest BCUT2D eigenvalue weighted by Crippen LogP contribution is 2.26. The normalized spacial score (nSPS) is 20.4. The molecule has 1 aliphatic rings. The summed E-state index contributed by atoms with van der Waals surface area (Å²) in [4.78, 5) is 6.76. The molecule has 21 heavy (non-hydrogen) atoms. The summed E-state index contributed by atoms with van der Waals surface area (Å²) >= 11 is 0. The molecule has 1 N–H and O–H groups in total. The van der Waals surface area contributed by atoms with Crippen molar-refractivity contribution in [3.05, 3.63) is 23.6 Å². The van der Waals surface area contributed by atoms with Crippen LogP contribution in [0.15, 0.2) is 12.3 Å². The van der Waals surface area contributed by atoms with Crippen molar-refractivity contribution >= 4 is 5.82 Å². The van der Waals surface area contributed by atoms with Crippen molar-refractivity contribution in [3.63, 3.8) is 0 Å². The minimum Gasteiger partial charge on any atom is -0.354 e. The first-order valence-corrected chi connectivity index (χ1v) is 8.03. The molecule has 2 rings (SSSR count). The molecule has 0 spiro atoms. The monoisotopic (exact) mass is 293 g/mol. The number of nitrogens with one attached hydrogen (secondary N) is 1. The van der Waals surface area contributed by atoms with Crippen LogP contribution in [0.2, 0.25) is 0 Å². The first-order valence-electron chi connectivity index (χ1n) is 8.03. The molecule has 1 atom stereocenters. The topological polar surface area (TPSA) is 28.2 Å². The summed E-state index contributed by atoms with van der Waals surface area (Å²) in [7, 11) is 0. The van der Waals surface area contributed by atoms with Gasteiger partial charge in [0, 0.05) is 30.2 Å². The number of hydrogen-bond donors (Lipinski definition) is 1. The molecule has 3 nitrogen and oxygen atoms in total. The summed E-state index contributed by atoms with van der Waals surface area (Å²) in [6, 6.07) is 2.09. The van der Waals surface area contributed by atoms with E-state index in [2.05, 4.69) is 42.9 Å². The Bertz CT molecular complexity index is 468. The molecule has 1 fully saturated rings. The van der Waals surface area contributed by atoms with Crippen LogP contribution in [-0.2, 0) is 6.54 Å². The molecular weight excluding hydrogens is 265 g/mol. The third-order valence-electron chi connectivity index (χ3n) is 4.04. The van der Waals surface area contributed by atoms with Crippen LogP contribution in [0.5, 0.6) is 0 Å². The van der Waals surface area contributed by atoms with Gasteiger partial charge in [-0.3, -0.25) is 0 Å². The molecular formula is C17H28FN3. The fourth-order valence-corrected chi connectivity index (χ4v) is 2.81. The van der Waals surface area contributed by atoms with E-state index in [4.69, 9.17) is 0 Å². The molecule has 0 aromatic carbocycles. The lowest BCUT2D eigenvalue weighted by Crippen LogP contribution is -2.37. The quantitative estimate of drug-likeness (QED) is 0.916. The SMILES string of the molecule is CC1CCCCCN1c1ncc(F)cc1CNC(C)(C)C. The fraction of sp³-hybridized carbons (Fsp3) is 0.706. The standard InChI is InChI=1S/C17H28FN3/c1-13-8-6-5-7-9-21(13)16-14(10-15(18)12-19-16)11-20-17(2,3)4/h10,12-13,20H,5-9,11H2,1-4H3. The predicted octanol–water partition coefficient (Wildman–Crippen LogP) is 3.88. The Labute approximate surface area is 127 Å². The summed E-state index contributed by atoms with van der Waals surface area (Å²) in [5.41, 5.74) is 0.965. The van der Waals surface area contributed by atoms with Gasteiger partial charge in [-0.15, -0.1) is 0 Å². The summed E-state index contributed by atoms with van der Waals surface area (Å²) in [6.07, 6.45) is 6.26. The van der Waals surface area contributed by atoms with Crippen molar-refractivity contribution in [3.8, 4) is 0 Å². The second-order valence-corrected chi connectivity index (χ2v) is 7.13. The van der Waals surface area contributed by atoms with E-state index in [1.165, 1.54) is 31.9 Å². The summed E-state index contributed by atoms with van der Waals surface area (Å²) < 4.78 is 13.6. The summed E-state index contributed by atoms with van der Waals surface area (Å²) in [6.45, 7) is 10.3. The van der Waals surface area contributed by atoms with E-state index in [-0.39, 0.29) is 11.4 Å². The summed E-state index contributed by atoms with van der Waals surface area (Å²) in [5.74, 6) is 0.689. The van der Waals surface area contributed by atoms with Gasteiger partial charge in [-0.1, -0.05) is 12.8 Å². The van der Waals surface area contributed by atoms with Gasteiger partial charge in [-0.2, -0.15) is 0 Å². The Balaban J connectivity index is 2.24. The molecule has 0 bridgehead atoms. The molecule has 1 aliphatic heterocycles. The number of halogens is 1. The Kier molecular flexibility index (Phi) is 5.20. The maximum atomic E-state index is 13.6. The van der Waals surface area contributed by atoms with E-state index in [0.717, 1.165) is 17.9 Å². The van der Waals surface area contributed by atoms with Crippen LogP contribution in [0.1, 0.15) is 58.9 Å². The van der Waals surface area contributed by atoms with E-state index in [9.17, 15) is 4.39 Å². The van der Waals surface area contributed by atoms with E-state index in [1.54, 1.807) is 6.07 Å². The van der Waals surface area contributed by atoms with Gasteiger partial charge < -0.3 is 10.2 Å². The predicted molar refractivity (Wildman–Crippen MR) is 86.1 cm³/mol. The fourth-order valence-electron chi connectivity index (χ4n) is 2.81. The van der Waals surface area contributed by atoms with Gasteiger partial charge in [0.2, 0.25) is 0 Å². The van der Waals surface area contributed by atoms with Gasteiger partial charge in [0.05, 0.1) is 6.20 Å². The van der Waals surface area contributed by atoms with Gasteiger partial charge in [0.25, 0.3) is 0 Å². The minimum atomic E-state index is -0.257. The molecule has 0 aliphatic carbocycles. The highest BCUT2D eigenvalue weighted by atomic mass is 19.1. The van der Waals surface area contributed by atoms with Crippen molar-refractivity contribution in [2.75, 3.05) is 11.4 Å². The van der Waals surface area contributed by atoms with Gasteiger partial charge in [0.1, 0.15) is 11.6 Å². The third-order valence-corrected chi connectivity index (χ3v) is 4.04. The molecule has 4 heteroatoms. The number of rotatable bonds is 3. The van der Waals surface area contributed by atoms with Crippen LogP contribution in [0.3, 0.4) is 0 Å². The van der Waals surface area contributed by atoms with Gasteiger partial charge in [-0.25, -0.2) is 9.37 Å². The first-order chi connectivity index (χ1) is 9.87. The number of hydrogen-bond acceptors (Lipinski definition) is 3. The Morgan fingerprint density at radius 3 is 2.81 bits per heavy atom. The van der Waals surface area contributed by atoms with Gasteiger partial charge in [-0.05, 0) is 46.6 Å². The average Bonchev–Trinajstić information content (AvgIpc) is 2.61. The maximum Gasteiger partial charge on any atom is 0.141 e. The zero-order valence-corrected chi connectivity index (χ0v) is 13.7. The van der Waals surface area contributed by atoms with E-state index < -0.39 is 0 Å². The highest BCUT2D eigenvalue weighted by Gasteiger charge is 2.22. The number of pyridine rings is 1. The highest BCUT2D eigenvalue weighted by molar-refractivity contribution is 5.48. The van der Waals surface area contributed by atoms with Crippen LogP contribution in [0.25, 0.3) is 0 Å². The first kappa shape index (κ1) is 16.2. The minimum absolute atomic E-state index is 0.00793. The largest absolute Gasteiger partial charge is 0.354 e. The second kappa shape index (κ2) is 6.73. The van der Waals surface area contributed by atoms with Crippen LogP contribution >= 0.6 is 0 Å². The Morgan fingerprint density at radius 1 is 1.33 bits per heavy atom. The van der Waals surface area contributed by atoms with Crippen LogP contribution < -0.4 is 10.2 Å². The molecule has 1 saturated heterocycles. The van der Waals surface area contributed by atoms with Crippen LogP contribution in [0.4, 0.5) is 10.2 Å². The number of anilines is 1. The molecule has 1 aromatic heterocycles. The average molecular weight is 293 g/mol. The number of nitrogens with zero attached hydrogens (tertiary/aromatic N) is 2. The van der Waals surface area contributed by atoms with Crippen molar-refractivity contribution in [1.29, 1.82) is 0 Å². The molecule has 1 aromatic rings. The molecule has 0 saturated carbocycles. The van der Waals surface area contributed by atoms with Gasteiger partial charge >= 0.3 is 0 Å². The molecule has 1 unspecified atom stereocenters. The number of aromatic nitrogens is 1. The maximum absolute atomic E-state index is 13.6. The van der Waals surface area contributed by atoms with E-state index >= 15 is 0 Å². The zero-order chi connectivity index (χ0) is 15.5. The van der Waals surface area contributed by atoms with Crippen molar-refractivity contribution < 1.29 is 4.39 Å². The smallest absolute Gasteiger partial charge is 0.141 e. The Hall–Kier alpha value is -1.16. The van der Waals surface area contributed by atoms with Crippen molar-refractivity contribution in [2.45, 2.75) is 71.5 Å². The molecule has 0 radical (unpaired) electrons. The van der Waals surface area contributed by atoms with E-state index in [0.29, 0.717) is 12.6 Å². The molecule has 2 heterocycles. The zero-order valence-electron chi connectivity index (χ0n) is 13.7. The van der Waals surface area contributed by atoms with Gasteiger partial charge in [0.15, 0.2) is 0 Å². The van der Waals surface area contributed by atoms with Crippen LogP contribution in [0, 0.1) is 5.82 Å². The van der Waals surface area contributed by atoms with E-state index in [1.807, 2.05) is 0 Å². The third kappa shape index (κ3) is 4.67. The second-order valence-electron chi connectivity index (χ2n) is 7.13. The van der Waals surface area contributed by atoms with Crippen molar-refractivity contribution in [1.82, 2.24) is 10.3 Å². The van der Waals surface area contributed by atoms with Crippen molar-refractivity contribution in [2.24, 2.45) is 0 Å². The summed E-state index contributed by atoms with van der Waals surface area (Å²) in [5, 5.41) is 3.44. The lowest BCUT2D eigenvalue weighted by molar-refractivity contribution is 0.422. The lowest BCUT2D eigenvalue weighted by Gasteiger charge is -2.31.